The normalized spacial score (nSPS) is 9.95. The summed E-state index contributed by atoms with van der Waals surface area (Å²) in [5, 5.41) is 8.80. The third-order valence-electron chi connectivity index (χ3n) is 3.08. The van der Waals surface area contributed by atoms with Crippen LogP contribution < -0.4 is 4.57 Å². The number of hydrogen-bond acceptors (Lipinski definition) is 2. The molecule has 0 unspecified atom stereocenters. The molecule has 20 heavy (non-hydrogen) atoms. The van der Waals surface area contributed by atoms with Crippen molar-refractivity contribution in [2.45, 2.75) is 0 Å². The van der Waals surface area contributed by atoms with Crippen LogP contribution in [0.1, 0.15) is 5.56 Å². The molecular weight excluding hydrogens is 246 g/mol. The predicted octanol–water partition coefficient (Wildman–Crippen LogP) is 2.90. The zero-order valence-electron chi connectivity index (χ0n) is 10.8. The Balaban J connectivity index is 1.91. The molecule has 0 fully saturated rings. The van der Waals surface area contributed by atoms with Crippen LogP contribution in [-0.4, -0.2) is 4.98 Å². The van der Waals surface area contributed by atoms with E-state index in [-0.39, 0.29) is 0 Å². The van der Waals surface area contributed by atoms with Crippen LogP contribution in [0.2, 0.25) is 0 Å². The highest BCUT2D eigenvalue weighted by Crippen LogP contribution is 2.14. The molecule has 3 aromatic rings. The summed E-state index contributed by atoms with van der Waals surface area (Å²) in [4.78, 5) is 4.33. The molecule has 0 amide bonds. The average Bonchev–Trinajstić information content (AvgIpc) is 2.56. The zero-order chi connectivity index (χ0) is 13.8. The molecule has 0 aliphatic heterocycles. The van der Waals surface area contributed by atoms with Gasteiger partial charge >= 0.3 is 0 Å². The Morgan fingerprint density at radius 2 is 1.65 bits per heavy atom. The molecule has 0 bridgehead atoms. The molecule has 1 aromatic carbocycles. The number of rotatable bonds is 2. The maximum atomic E-state index is 8.80. The van der Waals surface area contributed by atoms with E-state index in [2.05, 4.69) is 11.1 Å². The minimum atomic E-state index is 0.666. The number of nitrogens with zero attached hydrogens (tertiary/aromatic N) is 3. The predicted molar refractivity (Wildman–Crippen MR) is 75.9 cm³/mol. The maximum Gasteiger partial charge on any atom is 0.210 e. The molecule has 0 aliphatic carbocycles. The number of pyridine rings is 2. The summed E-state index contributed by atoms with van der Waals surface area (Å²) in [5.74, 6) is 0. The van der Waals surface area contributed by atoms with E-state index in [4.69, 9.17) is 5.26 Å². The summed E-state index contributed by atoms with van der Waals surface area (Å²) in [5.41, 5.74) is 3.73. The summed E-state index contributed by atoms with van der Waals surface area (Å²) < 4.78 is 2.01. The van der Waals surface area contributed by atoms with Crippen LogP contribution in [-0.2, 0) is 0 Å². The Morgan fingerprint density at radius 1 is 0.900 bits per heavy atom. The summed E-state index contributed by atoms with van der Waals surface area (Å²) in [6.07, 6.45) is 5.77. The van der Waals surface area contributed by atoms with E-state index in [1.54, 1.807) is 6.20 Å². The second kappa shape index (κ2) is 5.33. The van der Waals surface area contributed by atoms with Gasteiger partial charge in [0.25, 0.3) is 0 Å². The molecule has 0 aliphatic rings. The summed E-state index contributed by atoms with van der Waals surface area (Å²) >= 11 is 0. The Labute approximate surface area is 117 Å². The highest BCUT2D eigenvalue weighted by molar-refractivity contribution is 5.57. The number of benzene rings is 1. The van der Waals surface area contributed by atoms with Gasteiger partial charge in [0.15, 0.2) is 12.4 Å². The van der Waals surface area contributed by atoms with Gasteiger partial charge in [-0.2, -0.15) is 9.83 Å². The number of aromatic nitrogens is 2. The van der Waals surface area contributed by atoms with Crippen molar-refractivity contribution in [3.8, 4) is 23.0 Å². The zero-order valence-corrected chi connectivity index (χ0v) is 10.8. The van der Waals surface area contributed by atoms with Crippen LogP contribution >= 0.6 is 0 Å². The third-order valence-corrected chi connectivity index (χ3v) is 3.08. The molecule has 0 radical (unpaired) electrons. The minimum Gasteiger partial charge on any atom is -0.256 e. The van der Waals surface area contributed by atoms with Crippen LogP contribution in [0.15, 0.2) is 73.2 Å². The Hall–Kier alpha value is -2.99. The SMILES string of the molecule is N#Cc1ccc(-[n+]2ccc(-c3ccccn3)cc2)cc1. The van der Waals surface area contributed by atoms with Gasteiger partial charge < -0.3 is 0 Å². The lowest BCUT2D eigenvalue weighted by Crippen LogP contribution is -2.29. The van der Waals surface area contributed by atoms with E-state index in [1.165, 1.54) is 0 Å². The van der Waals surface area contributed by atoms with E-state index in [1.807, 2.05) is 71.6 Å². The van der Waals surface area contributed by atoms with Gasteiger partial charge in [-0.05, 0) is 24.3 Å². The quantitative estimate of drug-likeness (QED) is 0.663. The van der Waals surface area contributed by atoms with Crippen molar-refractivity contribution >= 4 is 0 Å². The molecule has 0 saturated heterocycles. The maximum absolute atomic E-state index is 8.80. The van der Waals surface area contributed by atoms with E-state index in [0.717, 1.165) is 16.9 Å². The van der Waals surface area contributed by atoms with Crippen molar-refractivity contribution < 1.29 is 4.57 Å². The topological polar surface area (TPSA) is 40.6 Å². The van der Waals surface area contributed by atoms with Gasteiger partial charge in [0.1, 0.15) is 0 Å². The lowest BCUT2D eigenvalue weighted by Gasteiger charge is -2.00. The Morgan fingerprint density at radius 3 is 2.25 bits per heavy atom. The fourth-order valence-corrected chi connectivity index (χ4v) is 2.01. The van der Waals surface area contributed by atoms with Crippen LogP contribution in [0.5, 0.6) is 0 Å². The number of nitriles is 1. The first-order chi connectivity index (χ1) is 9.86. The second-order valence-electron chi connectivity index (χ2n) is 4.37. The molecule has 0 spiro atoms. The standard InChI is InChI=1S/C17H12N3/c18-13-14-4-6-16(7-5-14)20-11-8-15(9-12-20)17-3-1-2-10-19-17/h1-12H/q+1. The second-order valence-corrected chi connectivity index (χ2v) is 4.37. The van der Waals surface area contributed by atoms with Gasteiger partial charge in [-0.1, -0.05) is 6.07 Å². The molecule has 0 saturated carbocycles. The lowest BCUT2D eigenvalue weighted by molar-refractivity contribution is -0.595. The van der Waals surface area contributed by atoms with Crippen molar-refractivity contribution in [1.82, 2.24) is 4.98 Å². The van der Waals surface area contributed by atoms with Gasteiger partial charge in [0.05, 0.1) is 17.3 Å². The highest BCUT2D eigenvalue weighted by Gasteiger charge is 2.06. The van der Waals surface area contributed by atoms with E-state index in [0.29, 0.717) is 5.56 Å². The van der Waals surface area contributed by atoms with Gasteiger partial charge in [0.2, 0.25) is 5.69 Å². The molecule has 94 valence electrons. The third kappa shape index (κ3) is 2.40. The van der Waals surface area contributed by atoms with Gasteiger partial charge in [-0.3, -0.25) is 4.98 Å². The van der Waals surface area contributed by atoms with Crippen LogP contribution in [0.25, 0.3) is 16.9 Å². The largest absolute Gasteiger partial charge is 0.256 e. The monoisotopic (exact) mass is 258 g/mol. The fourth-order valence-electron chi connectivity index (χ4n) is 2.01. The van der Waals surface area contributed by atoms with Crippen molar-refractivity contribution in [1.29, 1.82) is 5.26 Å². The molecule has 2 aromatic heterocycles. The highest BCUT2D eigenvalue weighted by atomic mass is 14.9. The van der Waals surface area contributed by atoms with E-state index >= 15 is 0 Å². The van der Waals surface area contributed by atoms with Crippen molar-refractivity contribution in [3.05, 3.63) is 78.8 Å². The van der Waals surface area contributed by atoms with Gasteiger partial charge in [0, 0.05) is 36.0 Å². The van der Waals surface area contributed by atoms with E-state index < -0.39 is 0 Å². The van der Waals surface area contributed by atoms with Crippen LogP contribution in [0, 0.1) is 11.3 Å². The first-order valence-electron chi connectivity index (χ1n) is 6.30. The van der Waals surface area contributed by atoms with Crippen LogP contribution in [0.4, 0.5) is 0 Å². The summed E-state index contributed by atoms with van der Waals surface area (Å²) in [7, 11) is 0. The summed E-state index contributed by atoms with van der Waals surface area (Å²) in [6, 6.07) is 19.5. The molecule has 3 rings (SSSR count). The van der Waals surface area contributed by atoms with Crippen molar-refractivity contribution in [3.63, 3.8) is 0 Å². The molecule has 0 atom stereocenters. The van der Waals surface area contributed by atoms with Crippen molar-refractivity contribution in [2.75, 3.05) is 0 Å². The smallest absolute Gasteiger partial charge is 0.210 e. The van der Waals surface area contributed by atoms with Gasteiger partial charge in [-0.15, -0.1) is 0 Å². The summed E-state index contributed by atoms with van der Waals surface area (Å²) in [6.45, 7) is 0. The fraction of sp³-hybridized carbons (Fsp3) is 0. The lowest BCUT2D eigenvalue weighted by atomic mass is 10.1. The molecule has 3 nitrogen and oxygen atoms in total. The first-order valence-corrected chi connectivity index (χ1v) is 6.30. The molecule has 3 heteroatoms. The first kappa shape index (κ1) is 12.1. The Kier molecular flexibility index (Phi) is 3.22. The molecular formula is C17H12N3+. The van der Waals surface area contributed by atoms with E-state index in [9.17, 15) is 0 Å². The Bertz CT molecular complexity index is 739. The average molecular weight is 258 g/mol. The van der Waals surface area contributed by atoms with Gasteiger partial charge in [-0.25, -0.2) is 0 Å². The molecule has 0 N–H and O–H groups in total. The minimum absolute atomic E-state index is 0.666. The van der Waals surface area contributed by atoms with Crippen molar-refractivity contribution in [2.24, 2.45) is 0 Å². The molecule has 2 heterocycles. The van der Waals surface area contributed by atoms with Crippen LogP contribution in [0.3, 0.4) is 0 Å². The number of hydrogen-bond donors (Lipinski definition) is 0.